The van der Waals surface area contributed by atoms with Gasteiger partial charge < -0.3 is 5.32 Å². The van der Waals surface area contributed by atoms with Crippen LogP contribution in [0.4, 0.5) is 8.78 Å². The number of rotatable bonds is 4. The van der Waals surface area contributed by atoms with E-state index in [1.165, 1.54) is 12.1 Å². The second-order valence-electron chi connectivity index (χ2n) is 5.38. The van der Waals surface area contributed by atoms with Crippen LogP contribution in [-0.2, 0) is 0 Å². The van der Waals surface area contributed by atoms with Gasteiger partial charge in [0.2, 0.25) is 0 Å². The first-order valence-corrected chi connectivity index (χ1v) is 6.73. The zero-order valence-electron chi connectivity index (χ0n) is 11.3. The molecular weight excluding hydrogens is 232 g/mol. The molecule has 0 saturated heterocycles. The third-order valence-electron chi connectivity index (χ3n) is 4.11. The van der Waals surface area contributed by atoms with Crippen molar-refractivity contribution in [2.24, 2.45) is 5.92 Å². The van der Waals surface area contributed by atoms with Crippen molar-refractivity contribution in [2.75, 3.05) is 6.54 Å². The van der Waals surface area contributed by atoms with Crippen LogP contribution in [0.2, 0.25) is 0 Å². The van der Waals surface area contributed by atoms with E-state index in [2.05, 4.69) is 19.2 Å². The molecule has 1 saturated carbocycles. The Morgan fingerprint density at radius 2 is 2.00 bits per heavy atom. The van der Waals surface area contributed by atoms with E-state index in [4.69, 9.17) is 0 Å². The lowest BCUT2D eigenvalue weighted by Crippen LogP contribution is -2.48. The molecule has 0 bridgehead atoms. The maximum absolute atomic E-state index is 13.9. The van der Waals surface area contributed by atoms with Crippen LogP contribution >= 0.6 is 0 Å². The molecular formula is C15H21F2N. The maximum atomic E-state index is 13.9. The highest BCUT2D eigenvalue weighted by atomic mass is 19.1. The lowest BCUT2D eigenvalue weighted by Gasteiger charge is -2.44. The Bertz CT molecular complexity index is 431. The first-order valence-electron chi connectivity index (χ1n) is 6.73. The first-order chi connectivity index (χ1) is 8.54. The lowest BCUT2D eigenvalue weighted by atomic mass is 9.67. The Morgan fingerprint density at radius 1 is 1.28 bits per heavy atom. The van der Waals surface area contributed by atoms with Gasteiger partial charge in [-0.25, -0.2) is 8.78 Å². The molecule has 1 N–H and O–H groups in total. The molecule has 1 aliphatic carbocycles. The average molecular weight is 253 g/mol. The summed E-state index contributed by atoms with van der Waals surface area (Å²) in [6, 6.07) is 3.13. The zero-order chi connectivity index (χ0) is 13.3. The normalized spacial score (nSPS) is 27.1. The molecule has 18 heavy (non-hydrogen) atoms. The molecule has 0 amide bonds. The van der Waals surface area contributed by atoms with E-state index in [9.17, 15) is 8.78 Å². The maximum Gasteiger partial charge on any atom is 0.127 e. The Labute approximate surface area is 108 Å². The number of hydrogen-bond donors (Lipinski definition) is 1. The van der Waals surface area contributed by atoms with Gasteiger partial charge in [-0.15, -0.1) is 0 Å². The molecule has 3 heteroatoms. The molecule has 0 radical (unpaired) electrons. The van der Waals surface area contributed by atoms with E-state index < -0.39 is 0 Å². The Kier molecular flexibility index (Phi) is 4.00. The first kappa shape index (κ1) is 13.5. The molecule has 2 rings (SSSR count). The number of aryl methyl sites for hydroxylation is 1. The monoisotopic (exact) mass is 253 g/mol. The van der Waals surface area contributed by atoms with E-state index in [0.29, 0.717) is 23.1 Å². The summed E-state index contributed by atoms with van der Waals surface area (Å²) in [5, 5.41) is 3.45. The van der Waals surface area contributed by atoms with Gasteiger partial charge >= 0.3 is 0 Å². The highest BCUT2D eigenvalue weighted by Crippen LogP contribution is 2.43. The largest absolute Gasteiger partial charge is 0.314 e. The van der Waals surface area contributed by atoms with Crippen molar-refractivity contribution in [1.29, 1.82) is 0 Å². The van der Waals surface area contributed by atoms with Crippen molar-refractivity contribution < 1.29 is 8.78 Å². The summed E-state index contributed by atoms with van der Waals surface area (Å²) in [5.74, 6) is -0.0501. The van der Waals surface area contributed by atoms with Gasteiger partial charge in [-0.3, -0.25) is 0 Å². The van der Waals surface area contributed by atoms with Gasteiger partial charge in [0.15, 0.2) is 0 Å². The fourth-order valence-corrected chi connectivity index (χ4v) is 2.74. The van der Waals surface area contributed by atoms with Crippen molar-refractivity contribution in [1.82, 2.24) is 5.32 Å². The summed E-state index contributed by atoms with van der Waals surface area (Å²) in [6.07, 6.45) is 2.00. The summed E-state index contributed by atoms with van der Waals surface area (Å²) in [5.41, 5.74) is 0.920. The van der Waals surface area contributed by atoms with Crippen LogP contribution in [0.25, 0.3) is 0 Å². The predicted octanol–water partition coefficient (Wildman–Crippen LogP) is 3.76. The summed E-state index contributed by atoms with van der Waals surface area (Å²) in [4.78, 5) is 0. The summed E-state index contributed by atoms with van der Waals surface area (Å²) >= 11 is 0. The fraction of sp³-hybridized carbons (Fsp3) is 0.600. The van der Waals surface area contributed by atoms with Gasteiger partial charge in [-0.1, -0.05) is 13.8 Å². The minimum atomic E-state index is -0.302. The summed E-state index contributed by atoms with van der Waals surface area (Å²) in [7, 11) is 0. The molecule has 3 atom stereocenters. The van der Waals surface area contributed by atoms with Gasteiger partial charge in [0.05, 0.1) is 0 Å². The molecule has 0 aliphatic heterocycles. The Balaban J connectivity index is 2.08. The van der Waals surface area contributed by atoms with Crippen LogP contribution in [-0.4, -0.2) is 12.6 Å². The van der Waals surface area contributed by atoms with Crippen molar-refractivity contribution in [3.05, 3.63) is 34.9 Å². The van der Waals surface area contributed by atoms with E-state index in [1.54, 1.807) is 6.92 Å². The SMILES string of the molecule is CCCNC1CC(c2cc(F)c(C)cc2F)C1C. The van der Waals surface area contributed by atoms with Gasteiger partial charge in [0.25, 0.3) is 0 Å². The molecule has 1 fully saturated rings. The van der Waals surface area contributed by atoms with Gasteiger partial charge in [0.1, 0.15) is 11.6 Å². The molecule has 0 spiro atoms. The van der Waals surface area contributed by atoms with E-state index in [1.807, 2.05) is 0 Å². The van der Waals surface area contributed by atoms with Crippen LogP contribution < -0.4 is 5.32 Å². The highest BCUT2D eigenvalue weighted by Gasteiger charge is 2.39. The highest BCUT2D eigenvalue weighted by molar-refractivity contribution is 5.30. The Hall–Kier alpha value is -0.960. The molecule has 1 aromatic carbocycles. The van der Waals surface area contributed by atoms with Gasteiger partial charge in [-0.05, 0) is 61.4 Å². The van der Waals surface area contributed by atoms with Crippen LogP contribution in [0.15, 0.2) is 12.1 Å². The zero-order valence-corrected chi connectivity index (χ0v) is 11.3. The van der Waals surface area contributed by atoms with Gasteiger partial charge in [-0.2, -0.15) is 0 Å². The van der Waals surface area contributed by atoms with E-state index in [0.717, 1.165) is 19.4 Å². The van der Waals surface area contributed by atoms with Gasteiger partial charge in [0, 0.05) is 6.04 Å². The quantitative estimate of drug-likeness (QED) is 0.861. The summed E-state index contributed by atoms with van der Waals surface area (Å²) < 4.78 is 27.4. The van der Waals surface area contributed by atoms with Crippen LogP contribution in [0, 0.1) is 24.5 Å². The van der Waals surface area contributed by atoms with Crippen molar-refractivity contribution in [3.63, 3.8) is 0 Å². The number of hydrogen-bond acceptors (Lipinski definition) is 1. The third-order valence-corrected chi connectivity index (χ3v) is 4.11. The number of halogens is 2. The summed E-state index contributed by atoms with van der Waals surface area (Å²) in [6.45, 7) is 6.83. The molecule has 0 aromatic heterocycles. The lowest BCUT2D eigenvalue weighted by molar-refractivity contribution is 0.181. The minimum Gasteiger partial charge on any atom is -0.314 e. The van der Waals surface area contributed by atoms with Crippen LogP contribution in [0.5, 0.6) is 0 Å². The number of benzene rings is 1. The second kappa shape index (κ2) is 5.35. The topological polar surface area (TPSA) is 12.0 Å². The molecule has 1 nitrogen and oxygen atoms in total. The van der Waals surface area contributed by atoms with Crippen molar-refractivity contribution in [3.8, 4) is 0 Å². The van der Waals surface area contributed by atoms with E-state index >= 15 is 0 Å². The van der Waals surface area contributed by atoms with E-state index in [-0.39, 0.29) is 17.6 Å². The predicted molar refractivity (Wildman–Crippen MR) is 69.7 cm³/mol. The molecule has 1 aliphatic rings. The second-order valence-corrected chi connectivity index (χ2v) is 5.38. The minimum absolute atomic E-state index is 0.148. The van der Waals surface area contributed by atoms with Crippen molar-refractivity contribution >= 4 is 0 Å². The molecule has 0 heterocycles. The van der Waals surface area contributed by atoms with Crippen LogP contribution in [0.1, 0.15) is 43.7 Å². The molecule has 100 valence electrons. The average Bonchev–Trinajstić information content (AvgIpc) is 2.33. The third kappa shape index (κ3) is 2.41. The molecule has 1 aromatic rings. The standard InChI is InChI=1S/C15H21F2N/c1-4-5-18-15-8-11(10(15)3)12-7-13(16)9(2)6-14(12)17/h6-7,10-11,15,18H,4-5,8H2,1-3H3. The van der Waals surface area contributed by atoms with Crippen molar-refractivity contribution in [2.45, 2.75) is 45.6 Å². The van der Waals surface area contributed by atoms with Crippen LogP contribution in [0.3, 0.4) is 0 Å². The number of nitrogens with one attached hydrogen (secondary N) is 1. The fourth-order valence-electron chi connectivity index (χ4n) is 2.74. The molecule has 3 unspecified atom stereocenters. The smallest absolute Gasteiger partial charge is 0.127 e. The Morgan fingerprint density at radius 3 is 2.61 bits per heavy atom.